The molecule has 0 radical (unpaired) electrons. The van der Waals surface area contributed by atoms with Gasteiger partial charge in [-0.25, -0.2) is 4.98 Å². The summed E-state index contributed by atoms with van der Waals surface area (Å²) in [7, 11) is 0. The molecule has 1 aromatic carbocycles. The van der Waals surface area contributed by atoms with E-state index < -0.39 is 5.41 Å². The van der Waals surface area contributed by atoms with Crippen LogP contribution in [0.4, 0.5) is 0 Å². The molecule has 4 rings (SSSR count). The highest BCUT2D eigenvalue weighted by Gasteiger charge is 2.44. The number of carbonyl (C=O) groups excluding carboxylic acids is 2. The number of hydrogen-bond donors (Lipinski definition) is 0. The Labute approximate surface area is 180 Å². The average Bonchev–Trinajstić information content (AvgIpc) is 2.78. The molecule has 1 aliphatic rings. The van der Waals surface area contributed by atoms with Crippen LogP contribution in [-0.2, 0) is 26.3 Å². The summed E-state index contributed by atoms with van der Waals surface area (Å²) in [5.41, 5.74) is 1.67. The van der Waals surface area contributed by atoms with Crippen LogP contribution in [0.2, 0.25) is 0 Å². The van der Waals surface area contributed by atoms with Gasteiger partial charge in [0.1, 0.15) is 12.3 Å². The molecule has 1 amide bonds. The molecule has 3 aromatic rings. The molecule has 31 heavy (non-hydrogen) atoms. The number of pyridine rings is 1. The van der Waals surface area contributed by atoms with Crippen molar-refractivity contribution in [3.8, 4) is 0 Å². The Bertz CT molecular complexity index is 1180. The van der Waals surface area contributed by atoms with Crippen molar-refractivity contribution in [1.82, 2.24) is 14.3 Å². The van der Waals surface area contributed by atoms with Crippen molar-refractivity contribution in [3.63, 3.8) is 0 Å². The molecule has 0 atom stereocenters. The number of hydrogen-bond acceptors (Lipinski definition) is 5. The summed E-state index contributed by atoms with van der Waals surface area (Å²) in [6.45, 7) is 4.33. The van der Waals surface area contributed by atoms with Crippen molar-refractivity contribution in [1.29, 1.82) is 0 Å². The van der Waals surface area contributed by atoms with Crippen LogP contribution >= 0.6 is 0 Å². The molecule has 1 aliphatic heterocycles. The van der Waals surface area contributed by atoms with Gasteiger partial charge < -0.3 is 9.64 Å². The number of likely N-dealkylation sites (tertiary alicyclic amines) is 1. The van der Waals surface area contributed by atoms with Crippen molar-refractivity contribution >= 4 is 17.5 Å². The Morgan fingerprint density at radius 3 is 2.48 bits per heavy atom. The Balaban J connectivity index is 1.59. The summed E-state index contributed by atoms with van der Waals surface area (Å²) >= 11 is 0. The number of amides is 1. The number of nitrogens with zero attached hydrogens (tertiary/aromatic N) is 3. The number of esters is 1. The van der Waals surface area contributed by atoms with Crippen molar-refractivity contribution in [2.75, 3.05) is 13.1 Å². The zero-order valence-electron chi connectivity index (χ0n) is 17.7. The Morgan fingerprint density at radius 1 is 1.10 bits per heavy atom. The summed E-state index contributed by atoms with van der Waals surface area (Å²) in [5, 5.41) is 0. The van der Waals surface area contributed by atoms with Crippen LogP contribution in [0, 0.1) is 6.92 Å². The van der Waals surface area contributed by atoms with Gasteiger partial charge in [0.2, 0.25) is 5.91 Å². The SMILES string of the molecule is CC(=O)N1CCC(C(=O)OCc2cc(=O)n3cccc(C)c3n2)(c2ccccc2)CC1. The fourth-order valence-electron chi connectivity index (χ4n) is 4.23. The Hall–Kier alpha value is -3.48. The molecule has 0 saturated carbocycles. The standard InChI is InChI=1S/C24H25N3O4/c1-17-7-6-12-27-21(29)15-20(25-22(17)27)16-31-23(30)24(19-8-4-3-5-9-19)10-13-26(14-11-24)18(2)28/h3-9,12,15H,10-11,13-14,16H2,1-2H3. The molecule has 7 nitrogen and oxygen atoms in total. The number of benzene rings is 1. The maximum absolute atomic E-state index is 13.3. The lowest BCUT2D eigenvalue weighted by Gasteiger charge is -2.40. The highest BCUT2D eigenvalue weighted by molar-refractivity contribution is 5.84. The summed E-state index contributed by atoms with van der Waals surface area (Å²) in [5.74, 6) is -0.347. The van der Waals surface area contributed by atoms with E-state index >= 15 is 0 Å². The molecule has 1 saturated heterocycles. The Kier molecular flexibility index (Phi) is 5.59. The number of aromatic nitrogens is 2. The van der Waals surface area contributed by atoms with Crippen molar-refractivity contribution in [2.24, 2.45) is 0 Å². The third-order valence-corrected chi connectivity index (χ3v) is 6.07. The van der Waals surface area contributed by atoms with Gasteiger partial charge in [0, 0.05) is 32.3 Å². The fourth-order valence-corrected chi connectivity index (χ4v) is 4.23. The van der Waals surface area contributed by atoms with E-state index in [1.54, 1.807) is 24.1 Å². The van der Waals surface area contributed by atoms with E-state index in [1.807, 2.05) is 43.3 Å². The maximum atomic E-state index is 13.3. The lowest BCUT2D eigenvalue weighted by atomic mass is 9.72. The lowest BCUT2D eigenvalue weighted by Crippen LogP contribution is -2.49. The summed E-state index contributed by atoms with van der Waals surface area (Å²) < 4.78 is 7.19. The molecular formula is C24H25N3O4. The second kappa shape index (κ2) is 8.34. The third-order valence-electron chi connectivity index (χ3n) is 6.07. The van der Waals surface area contributed by atoms with E-state index in [-0.39, 0.29) is 24.0 Å². The van der Waals surface area contributed by atoms with E-state index in [0.717, 1.165) is 11.1 Å². The highest BCUT2D eigenvalue weighted by atomic mass is 16.5. The molecule has 0 spiro atoms. The summed E-state index contributed by atoms with van der Waals surface area (Å²) in [4.78, 5) is 43.8. The molecule has 0 bridgehead atoms. The van der Waals surface area contributed by atoms with E-state index in [1.165, 1.54) is 10.5 Å². The van der Waals surface area contributed by atoms with Crippen LogP contribution in [0.25, 0.3) is 5.65 Å². The predicted molar refractivity (Wildman–Crippen MR) is 116 cm³/mol. The fraction of sp³-hybridized carbons (Fsp3) is 0.333. The zero-order valence-corrected chi connectivity index (χ0v) is 17.7. The van der Waals surface area contributed by atoms with Gasteiger partial charge in [0.15, 0.2) is 0 Å². The van der Waals surface area contributed by atoms with Gasteiger partial charge in [-0.05, 0) is 37.0 Å². The van der Waals surface area contributed by atoms with Crippen molar-refractivity contribution in [2.45, 2.75) is 38.7 Å². The van der Waals surface area contributed by atoms with E-state index in [0.29, 0.717) is 37.3 Å². The highest BCUT2D eigenvalue weighted by Crippen LogP contribution is 2.37. The number of rotatable bonds is 4. The third kappa shape index (κ3) is 3.95. The monoisotopic (exact) mass is 419 g/mol. The predicted octanol–water partition coefficient (Wildman–Crippen LogP) is 2.63. The van der Waals surface area contributed by atoms with Gasteiger partial charge in [0.05, 0.1) is 11.1 Å². The first-order valence-electron chi connectivity index (χ1n) is 10.4. The Morgan fingerprint density at radius 2 is 1.81 bits per heavy atom. The first-order chi connectivity index (χ1) is 14.9. The summed E-state index contributed by atoms with van der Waals surface area (Å²) in [6.07, 6.45) is 2.64. The van der Waals surface area contributed by atoms with Gasteiger partial charge in [-0.15, -0.1) is 0 Å². The quantitative estimate of drug-likeness (QED) is 0.608. The minimum atomic E-state index is -0.824. The number of ether oxygens (including phenoxy) is 1. The molecule has 0 aliphatic carbocycles. The zero-order chi connectivity index (χ0) is 22.0. The first kappa shape index (κ1) is 20.8. The van der Waals surface area contributed by atoms with Crippen LogP contribution in [0.3, 0.4) is 0 Å². The molecule has 0 unspecified atom stereocenters. The minimum Gasteiger partial charge on any atom is -0.458 e. The molecular weight excluding hydrogens is 394 g/mol. The van der Waals surface area contributed by atoms with Gasteiger partial charge in [-0.2, -0.15) is 0 Å². The van der Waals surface area contributed by atoms with Gasteiger partial charge in [-0.3, -0.25) is 18.8 Å². The van der Waals surface area contributed by atoms with Gasteiger partial charge >= 0.3 is 5.97 Å². The lowest BCUT2D eigenvalue weighted by molar-refractivity contribution is -0.155. The maximum Gasteiger partial charge on any atom is 0.317 e. The second-order valence-corrected chi connectivity index (χ2v) is 8.00. The number of piperidine rings is 1. The van der Waals surface area contributed by atoms with Crippen molar-refractivity contribution < 1.29 is 14.3 Å². The molecule has 2 aromatic heterocycles. The van der Waals surface area contributed by atoms with Crippen LogP contribution in [0.5, 0.6) is 0 Å². The summed E-state index contributed by atoms with van der Waals surface area (Å²) in [6, 6.07) is 14.6. The number of fused-ring (bicyclic) bond motifs is 1. The largest absolute Gasteiger partial charge is 0.458 e. The van der Waals surface area contributed by atoms with E-state index in [9.17, 15) is 14.4 Å². The second-order valence-electron chi connectivity index (χ2n) is 8.00. The first-order valence-corrected chi connectivity index (χ1v) is 10.4. The van der Waals surface area contributed by atoms with Crippen LogP contribution < -0.4 is 5.56 Å². The number of aryl methyl sites for hydroxylation is 1. The van der Waals surface area contributed by atoms with E-state index in [2.05, 4.69) is 4.98 Å². The normalized spacial score (nSPS) is 15.6. The van der Waals surface area contributed by atoms with Crippen molar-refractivity contribution in [3.05, 3.63) is 81.9 Å². The molecule has 160 valence electrons. The molecule has 7 heteroatoms. The van der Waals surface area contributed by atoms with Crippen LogP contribution in [-0.4, -0.2) is 39.3 Å². The molecule has 3 heterocycles. The average molecular weight is 419 g/mol. The molecule has 1 fully saturated rings. The number of carbonyl (C=O) groups is 2. The van der Waals surface area contributed by atoms with Crippen LogP contribution in [0.1, 0.15) is 36.6 Å². The van der Waals surface area contributed by atoms with E-state index in [4.69, 9.17) is 4.74 Å². The van der Waals surface area contributed by atoms with Gasteiger partial charge in [0.25, 0.3) is 5.56 Å². The molecule has 0 N–H and O–H groups in total. The minimum absolute atomic E-state index is 0.00578. The van der Waals surface area contributed by atoms with Gasteiger partial charge in [-0.1, -0.05) is 36.4 Å². The smallest absolute Gasteiger partial charge is 0.317 e. The topological polar surface area (TPSA) is 81.0 Å². The van der Waals surface area contributed by atoms with Crippen LogP contribution in [0.15, 0.2) is 59.5 Å².